The topological polar surface area (TPSA) is 58.2 Å². The summed E-state index contributed by atoms with van der Waals surface area (Å²) in [5, 5.41) is 5.73. The van der Waals surface area contributed by atoms with Gasteiger partial charge in [-0.15, -0.1) is 0 Å². The number of rotatable bonds is 6. The maximum Gasteiger partial charge on any atom is 0.255 e. The number of hydrogen-bond donors (Lipinski definition) is 2. The lowest BCUT2D eigenvalue weighted by Crippen LogP contribution is -2.13. The summed E-state index contributed by atoms with van der Waals surface area (Å²) in [6, 6.07) is 24.5. The van der Waals surface area contributed by atoms with Crippen molar-refractivity contribution in [2.24, 2.45) is 0 Å². The molecule has 0 aliphatic rings. The molecule has 0 aromatic heterocycles. The second kappa shape index (κ2) is 8.81. The van der Waals surface area contributed by atoms with Crippen molar-refractivity contribution in [3.05, 3.63) is 95.6 Å². The Kier molecular flexibility index (Phi) is 6.00. The van der Waals surface area contributed by atoms with Crippen molar-refractivity contribution in [2.75, 3.05) is 10.6 Å². The molecule has 0 bridgehead atoms. The van der Waals surface area contributed by atoms with Crippen LogP contribution in [0.15, 0.2) is 78.9 Å². The predicted molar refractivity (Wildman–Crippen MR) is 109 cm³/mol. The third-order valence-electron chi connectivity index (χ3n) is 4.22. The van der Waals surface area contributed by atoms with E-state index in [0.29, 0.717) is 29.8 Å². The average molecular weight is 358 g/mol. The molecule has 3 rings (SSSR count). The Labute approximate surface area is 159 Å². The van der Waals surface area contributed by atoms with Crippen LogP contribution in [0, 0.1) is 6.92 Å². The fourth-order valence-corrected chi connectivity index (χ4v) is 2.67. The van der Waals surface area contributed by atoms with Crippen LogP contribution in [0.4, 0.5) is 11.4 Å². The molecule has 0 aliphatic heterocycles. The van der Waals surface area contributed by atoms with Gasteiger partial charge in [0.2, 0.25) is 5.91 Å². The molecule has 0 unspecified atom stereocenters. The molecule has 0 saturated carbocycles. The van der Waals surface area contributed by atoms with Crippen molar-refractivity contribution in [1.29, 1.82) is 0 Å². The first kappa shape index (κ1) is 18.4. The molecule has 4 nitrogen and oxygen atoms in total. The van der Waals surface area contributed by atoms with Crippen LogP contribution in [0.25, 0.3) is 0 Å². The standard InChI is InChI=1S/C23H22N2O2/c1-17-7-10-19(11-8-17)23(27)25-21-14-12-20(13-15-21)24-22(26)16-9-18-5-3-2-4-6-18/h2-8,10-15H,9,16H2,1H3,(H,24,26)(H,25,27). The summed E-state index contributed by atoms with van der Waals surface area (Å²) in [7, 11) is 0. The highest BCUT2D eigenvalue weighted by Crippen LogP contribution is 2.15. The minimum Gasteiger partial charge on any atom is -0.326 e. The number of hydrogen-bond acceptors (Lipinski definition) is 2. The molecule has 0 atom stereocenters. The molecule has 0 aliphatic carbocycles. The Hall–Kier alpha value is -3.40. The Morgan fingerprint density at radius 2 is 1.33 bits per heavy atom. The summed E-state index contributed by atoms with van der Waals surface area (Å²) in [6.45, 7) is 1.98. The highest BCUT2D eigenvalue weighted by atomic mass is 16.2. The second-order valence-corrected chi connectivity index (χ2v) is 6.43. The zero-order chi connectivity index (χ0) is 19.1. The molecule has 3 aromatic carbocycles. The van der Waals surface area contributed by atoms with Gasteiger partial charge in [-0.05, 0) is 55.3 Å². The van der Waals surface area contributed by atoms with Crippen molar-refractivity contribution < 1.29 is 9.59 Å². The van der Waals surface area contributed by atoms with Crippen LogP contribution in [0.1, 0.15) is 27.9 Å². The zero-order valence-corrected chi connectivity index (χ0v) is 15.2. The fourth-order valence-electron chi connectivity index (χ4n) is 2.67. The Bertz CT molecular complexity index is 901. The molecule has 27 heavy (non-hydrogen) atoms. The molecular formula is C23H22N2O2. The fraction of sp³-hybridized carbons (Fsp3) is 0.130. The van der Waals surface area contributed by atoms with Gasteiger partial charge in [-0.25, -0.2) is 0 Å². The summed E-state index contributed by atoms with van der Waals surface area (Å²) >= 11 is 0. The third-order valence-corrected chi connectivity index (χ3v) is 4.22. The second-order valence-electron chi connectivity index (χ2n) is 6.43. The number of aryl methyl sites for hydroxylation is 2. The summed E-state index contributed by atoms with van der Waals surface area (Å²) < 4.78 is 0. The van der Waals surface area contributed by atoms with Crippen LogP contribution in [0.5, 0.6) is 0 Å². The van der Waals surface area contributed by atoms with E-state index in [9.17, 15) is 9.59 Å². The van der Waals surface area contributed by atoms with Gasteiger partial charge in [0.05, 0.1) is 0 Å². The first-order valence-corrected chi connectivity index (χ1v) is 8.92. The minimum atomic E-state index is -0.158. The highest BCUT2D eigenvalue weighted by Gasteiger charge is 2.07. The molecule has 2 amide bonds. The number of carbonyl (C=O) groups excluding carboxylic acids is 2. The number of anilines is 2. The van der Waals surface area contributed by atoms with E-state index in [0.717, 1.165) is 11.1 Å². The predicted octanol–water partition coefficient (Wildman–Crippen LogP) is 4.82. The van der Waals surface area contributed by atoms with Crippen molar-refractivity contribution in [2.45, 2.75) is 19.8 Å². The van der Waals surface area contributed by atoms with Crippen molar-refractivity contribution in [1.82, 2.24) is 0 Å². The van der Waals surface area contributed by atoms with Crippen molar-refractivity contribution in [3.8, 4) is 0 Å². The number of amides is 2. The van der Waals surface area contributed by atoms with Gasteiger partial charge in [-0.1, -0.05) is 48.0 Å². The Morgan fingerprint density at radius 1 is 0.741 bits per heavy atom. The molecule has 0 heterocycles. The van der Waals surface area contributed by atoms with E-state index in [1.54, 1.807) is 36.4 Å². The average Bonchev–Trinajstić information content (AvgIpc) is 2.69. The van der Waals surface area contributed by atoms with Crippen LogP contribution in [-0.4, -0.2) is 11.8 Å². The van der Waals surface area contributed by atoms with Crippen molar-refractivity contribution >= 4 is 23.2 Å². The molecule has 2 N–H and O–H groups in total. The lowest BCUT2D eigenvalue weighted by molar-refractivity contribution is -0.116. The largest absolute Gasteiger partial charge is 0.326 e. The quantitative estimate of drug-likeness (QED) is 0.664. The van der Waals surface area contributed by atoms with E-state index >= 15 is 0 Å². The monoisotopic (exact) mass is 358 g/mol. The number of carbonyl (C=O) groups is 2. The maximum absolute atomic E-state index is 12.2. The lowest BCUT2D eigenvalue weighted by Gasteiger charge is -2.08. The first-order valence-electron chi connectivity index (χ1n) is 8.92. The minimum absolute atomic E-state index is 0.0321. The molecule has 3 aromatic rings. The Morgan fingerprint density at radius 3 is 1.96 bits per heavy atom. The van der Waals surface area contributed by atoms with Gasteiger partial charge >= 0.3 is 0 Å². The molecule has 136 valence electrons. The summed E-state index contributed by atoms with van der Waals surface area (Å²) in [5.41, 5.74) is 4.25. The molecule has 0 saturated heterocycles. The van der Waals surface area contributed by atoms with E-state index in [2.05, 4.69) is 10.6 Å². The molecule has 0 spiro atoms. The van der Waals surface area contributed by atoms with E-state index in [-0.39, 0.29) is 11.8 Å². The van der Waals surface area contributed by atoms with Gasteiger partial charge in [0.25, 0.3) is 5.91 Å². The third kappa shape index (κ3) is 5.54. The highest BCUT2D eigenvalue weighted by molar-refractivity contribution is 6.04. The summed E-state index contributed by atoms with van der Waals surface area (Å²) in [4.78, 5) is 24.3. The molecule has 0 fully saturated rings. The summed E-state index contributed by atoms with van der Waals surface area (Å²) in [5.74, 6) is -0.190. The lowest BCUT2D eigenvalue weighted by atomic mass is 10.1. The molecular weight excluding hydrogens is 336 g/mol. The van der Waals surface area contributed by atoms with E-state index in [4.69, 9.17) is 0 Å². The first-order chi connectivity index (χ1) is 13.1. The molecule has 4 heteroatoms. The SMILES string of the molecule is Cc1ccc(C(=O)Nc2ccc(NC(=O)CCc3ccccc3)cc2)cc1. The van der Waals surface area contributed by atoms with Gasteiger partial charge in [-0.3, -0.25) is 9.59 Å². The number of benzene rings is 3. The number of nitrogens with one attached hydrogen (secondary N) is 2. The van der Waals surface area contributed by atoms with E-state index in [1.165, 1.54) is 0 Å². The van der Waals surface area contributed by atoms with Crippen molar-refractivity contribution in [3.63, 3.8) is 0 Å². The normalized spacial score (nSPS) is 10.3. The molecule has 0 radical (unpaired) electrons. The Balaban J connectivity index is 1.51. The van der Waals surface area contributed by atoms with Gasteiger partial charge < -0.3 is 10.6 Å². The summed E-state index contributed by atoms with van der Waals surface area (Å²) in [6.07, 6.45) is 1.13. The van der Waals surface area contributed by atoms with E-state index < -0.39 is 0 Å². The van der Waals surface area contributed by atoms with Crippen LogP contribution in [-0.2, 0) is 11.2 Å². The van der Waals surface area contributed by atoms with Crippen LogP contribution >= 0.6 is 0 Å². The zero-order valence-electron chi connectivity index (χ0n) is 15.2. The smallest absolute Gasteiger partial charge is 0.255 e. The van der Waals surface area contributed by atoms with Gasteiger partial charge in [0.15, 0.2) is 0 Å². The van der Waals surface area contributed by atoms with Crippen LogP contribution < -0.4 is 10.6 Å². The van der Waals surface area contributed by atoms with Crippen LogP contribution in [0.3, 0.4) is 0 Å². The van der Waals surface area contributed by atoms with E-state index in [1.807, 2.05) is 49.4 Å². The van der Waals surface area contributed by atoms with Gasteiger partial charge in [0, 0.05) is 23.4 Å². The van der Waals surface area contributed by atoms with Crippen LogP contribution in [0.2, 0.25) is 0 Å². The van der Waals surface area contributed by atoms with Gasteiger partial charge in [-0.2, -0.15) is 0 Å². The maximum atomic E-state index is 12.2. The van der Waals surface area contributed by atoms with Gasteiger partial charge in [0.1, 0.15) is 0 Å².